The Morgan fingerprint density at radius 2 is 1.65 bits per heavy atom. The number of fused-ring (bicyclic) bond motifs is 1. The lowest BCUT2D eigenvalue weighted by molar-refractivity contribution is -0.384. The van der Waals surface area contributed by atoms with Crippen molar-refractivity contribution in [3.8, 4) is 11.5 Å². The Morgan fingerprint density at radius 1 is 0.941 bits per heavy atom. The fraction of sp³-hybridized carbons (Fsp3) is 0.125. The van der Waals surface area contributed by atoms with Crippen LogP contribution in [0.5, 0.6) is 11.5 Å². The largest absolute Gasteiger partial charge is 0.486 e. The molecule has 3 heterocycles. The molecule has 0 fully saturated rings. The summed E-state index contributed by atoms with van der Waals surface area (Å²) in [6, 6.07) is 14.1. The van der Waals surface area contributed by atoms with Gasteiger partial charge in [0.15, 0.2) is 11.5 Å². The predicted octanol–water partition coefficient (Wildman–Crippen LogP) is 3.15. The Bertz CT molecular complexity index is 1320. The molecule has 5 rings (SSSR count). The molecule has 34 heavy (non-hydrogen) atoms. The molecule has 3 aromatic rings. The molecule has 0 saturated heterocycles. The standard InChI is InChI=1S/C24H18N4O6/c29-23-21(16-1-4-18(5-2-16)28(31)32)22(24(30)27(23)14-15-7-9-25-10-8-15)26-17-3-6-19-20(13-17)34-12-11-33-19/h1-10,13,26H,11-12,14H2. The summed E-state index contributed by atoms with van der Waals surface area (Å²) in [5, 5.41) is 14.1. The Hall–Kier alpha value is -4.73. The zero-order valence-electron chi connectivity index (χ0n) is 17.8. The maximum Gasteiger partial charge on any atom is 0.278 e. The molecular formula is C24H18N4O6. The van der Waals surface area contributed by atoms with Crippen LogP contribution in [0.15, 0.2) is 72.7 Å². The summed E-state index contributed by atoms with van der Waals surface area (Å²) in [6.07, 6.45) is 3.17. The summed E-state index contributed by atoms with van der Waals surface area (Å²) in [7, 11) is 0. The van der Waals surface area contributed by atoms with E-state index in [-0.39, 0.29) is 23.5 Å². The van der Waals surface area contributed by atoms with Gasteiger partial charge in [-0.25, -0.2) is 0 Å². The molecule has 10 heteroatoms. The molecule has 170 valence electrons. The summed E-state index contributed by atoms with van der Waals surface area (Å²) in [5.41, 5.74) is 1.75. The highest BCUT2D eigenvalue weighted by Crippen LogP contribution is 2.36. The van der Waals surface area contributed by atoms with Crippen molar-refractivity contribution in [2.75, 3.05) is 18.5 Å². The quantitative estimate of drug-likeness (QED) is 0.339. The van der Waals surface area contributed by atoms with E-state index in [2.05, 4.69) is 10.3 Å². The van der Waals surface area contributed by atoms with Gasteiger partial charge in [0, 0.05) is 36.3 Å². The minimum atomic E-state index is -0.524. The van der Waals surface area contributed by atoms with Crippen LogP contribution in [-0.4, -0.2) is 39.8 Å². The average Bonchev–Trinajstić information content (AvgIpc) is 3.09. The molecule has 2 aromatic carbocycles. The van der Waals surface area contributed by atoms with Gasteiger partial charge in [0.2, 0.25) is 0 Å². The van der Waals surface area contributed by atoms with Crippen molar-refractivity contribution >= 4 is 28.8 Å². The molecule has 1 N–H and O–H groups in total. The van der Waals surface area contributed by atoms with Crippen LogP contribution < -0.4 is 14.8 Å². The third kappa shape index (κ3) is 3.92. The van der Waals surface area contributed by atoms with Crippen LogP contribution in [-0.2, 0) is 16.1 Å². The number of rotatable bonds is 6. The van der Waals surface area contributed by atoms with Crippen LogP contribution in [0.2, 0.25) is 0 Å². The van der Waals surface area contributed by atoms with E-state index in [4.69, 9.17) is 9.47 Å². The van der Waals surface area contributed by atoms with Gasteiger partial charge >= 0.3 is 0 Å². The lowest BCUT2D eigenvalue weighted by Crippen LogP contribution is -2.32. The first-order valence-corrected chi connectivity index (χ1v) is 10.4. The van der Waals surface area contributed by atoms with Crippen LogP contribution in [0.4, 0.5) is 11.4 Å². The van der Waals surface area contributed by atoms with Crippen molar-refractivity contribution < 1.29 is 24.0 Å². The van der Waals surface area contributed by atoms with Crippen LogP contribution >= 0.6 is 0 Å². The van der Waals surface area contributed by atoms with E-state index in [1.165, 1.54) is 24.3 Å². The topological polar surface area (TPSA) is 124 Å². The molecule has 0 saturated carbocycles. The molecule has 10 nitrogen and oxygen atoms in total. The molecule has 1 aromatic heterocycles. The Labute approximate surface area is 193 Å². The first-order chi connectivity index (χ1) is 16.5. The highest BCUT2D eigenvalue weighted by molar-refractivity contribution is 6.36. The minimum absolute atomic E-state index is 0.0585. The summed E-state index contributed by atoms with van der Waals surface area (Å²) in [5.74, 6) is 0.106. The zero-order chi connectivity index (χ0) is 23.7. The van der Waals surface area contributed by atoms with Crippen molar-refractivity contribution in [3.05, 3.63) is 93.9 Å². The molecule has 2 aliphatic heterocycles. The Balaban J connectivity index is 1.53. The summed E-state index contributed by atoms with van der Waals surface area (Å²) in [6.45, 7) is 0.916. The monoisotopic (exact) mass is 458 g/mol. The fourth-order valence-corrected chi connectivity index (χ4v) is 3.79. The highest BCUT2D eigenvalue weighted by Gasteiger charge is 2.39. The van der Waals surface area contributed by atoms with E-state index in [9.17, 15) is 19.7 Å². The second-order valence-corrected chi connectivity index (χ2v) is 7.59. The average molecular weight is 458 g/mol. The van der Waals surface area contributed by atoms with Crippen LogP contribution in [0, 0.1) is 10.1 Å². The maximum atomic E-state index is 13.4. The van der Waals surface area contributed by atoms with Crippen LogP contribution in [0.3, 0.4) is 0 Å². The number of carbonyl (C=O) groups is 2. The van der Waals surface area contributed by atoms with Gasteiger partial charge in [-0.2, -0.15) is 0 Å². The molecular weight excluding hydrogens is 440 g/mol. The molecule has 0 bridgehead atoms. The smallest absolute Gasteiger partial charge is 0.278 e. The van der Waals surface area contributed by atoms with Crippen molar-refractivity contribution in [2.24, 2.45) is 0 Å². The number of non-ortho nitro benzene ring substituents is 1. The van der Waals surface area contributed by atoms with Gasteiger partial charge in [0.25, 0.3) is 17.5 Å². The second-order valence-electron chi connectivity index (χ2n) is 7.59. The number of benzene rings is 2. The maximum absolute atomic E-state index is 13.4. The van der Waals surface area contributed by atoms with E-state index in [1.54, 1.807) is 42.7 Å². The number of nitrogens with one attached hydrogen (secondary N) is 1. The molecule has 2 amide bonds. The number of hydrogen-bond donors (Lipinski definition) is 1. The molecule has 0 atom stereocenters. The van der Waals surface area contributed by atoms with Crippen molar-refractivity contribution in [1.82, 2.24) is 9.88 Å². The second kappa shape index (κ2) is 8.66. The first-order valence-electron chi connectivity index (χ1n) is 10.4. The van der Waals surface area contributed by atoms with Crippen LogP contribution in [0.25, 0.3) is 5.57 Å². The summed E-state index contributed by atoms with van der Waals surface area (Å²) < 4.78 is 11.1. The summed E-state index contributed by atoms with van der Waals surface area (Å²) in [4.78, 5) is 42.4. The van der Waals surface area contributed by atoms with Gasteiger partial charge in [-0.3, -0.25) is 29.6 Å². The lowest BCUT2D eigenvalue weighted by Gasteiger charge is -2.19. The number of nitro benzene ring substituents is 1. The molecule has 2 aliphatic rings. The molecule has 0 radical (unpaired) electrons. The summed E-state index contributed by atoms with van der Waals surface area (Å²) >= 11 is 0. The third-order valence-electron chi connectivity index (χ3n) is 5.44. The third-order valence-corrected chi connectivity index (χ3v) is 5.44. The lowest BCUT2D eigenvalue weighted by atomic mass is 10.0. The van der Waals surface area contributed by atoms with E-state index in [0.29, 0.717) is 36.0 Å². The number of anilines is 1. The van der Waals surface area contributed by atoms with E-state index in [1.807, 2.05) is 0 Å². The van der Waals surface area contributed by atoms with E-state index in [0.717, 1.165) is 10.5 Å². The van der Waals surface area contributed by atoms with Crippen molar-refractivity contribution in [2.45, 2.75) is 6.54 Å². The van der Waals surface area contributed by atoms with Crippen molar-refractivity contribution in [3.63, 3.8) is 0 Å². The number of hydrogen-bond acceptors (Lipinski definition) is 8. The number of nitro groups is 1. The number of nitrogens with zero attached hydrogens (tertiary/aromatic N) is 3. The molecule has 0 unspecified atom stereocenters. The van der Waals surface area contributed by atoms with Gasteiger partial charge in [0.05, 0.1) is 17.0 Å². The predicted molar refractivity (Wildman–Crippen MR) is 121 cm³/mol. The van der Waals surface area contributed by atoms with Gasteiger partial charge in [0.1, 0.15) is 18.9 Å². The van der Waals surface area contributed by atoms with E-state index >= 15 is 0 Å². The van der Waals surface area contributed by atoms with Gasteiger partial charge < -0.3 is 14.8 Å². The fourth-order valence-electron chi connectivity index (χ4n) is 3.79. The number of carbonyl (C=O) groups excluding carboxylic acids is 2. The number of aromatic nitrogens is 1. The molecule has 0 aliphatic carbocycles. The minimum Gasteiger partial charge on any atom is -0.486 e. The Morgan fingerprint density at radius 3 is 2.35 bits per heavy atom. The van der Waals surface area contributed by atoms with Gasteiger partial charge in [-0.1, -0.05) is 0 Å². The first kappa shape index (κ1) is 21.1. The number of imide groups is 1. The van der Waals surface area contributed by atoms with Gasteiger partial charge in [-0.05, 0) is 47.5 Å². The Kier molecular flexibility index (Phi) is 5.38. The number of pyridine rings is 1. The SMILES string of the molecule is O=C1C(Nc2ccc3c(c2)OCCO3)=C(c2ccc([N+](=O)[O-])cc2)C(=O)N1Cc1ccncc1. The number of amides is 2. The molecule has 0 spiro atoms. The normalized spacial score (nSPS) is 15.0. The zero-order valence-corrected chi connectivity index (χ0v) is 17.8. The van der Waals surface area contributed by atoms with E-state index < -0.39 is 16.7 Å². The van der Waals surface area contributed by atoms with Gasteiger partial charge in [-0.15, -0.1) is 0 Å². The number of ether oxygens (including phenoxy) is 2. The highest BCUT2D eigenvalue weighted by atomic mass is 16.6. The van der Waals surface area contributed by atoms with Crippen molar-refractivity contribution in [1.29, 1.82) is 0 Å². The van der Waals surface area contributed by atoms with Crippen LogP contribution in [0.1, 0.15) is 11.1 Å².